The zero-order valence-corrected chi connectivity index (χ0v) is 16.9. The summed E-state index contributed by atoms with van der Waals surface area (Å²) < 4.78 is 50.7. The molecule has 0 fully saturated rings. The molecule has 0 atom stereocenters. The SMILES string of the molecule is CCOc1ccc(-n2c(C)cc(C(=O)COc3ccc(C(F)(F)F)cc3)c2C)cc1. The van der Waals surface area contributed by atoms with Gasteiger partial charge in [-0.05, 0) is 75.4 Å². The number of nitrogens with zero attached hydrogens (tertiary/aromatic N) is 1. The molecule has 0 saturated carbocycles. The van der Waals surface area contributed by atoms with Crippen LogP contribution in [0.3, 0.4) is 0 Å². The van der Waals surface area contributed by atoms with Gasteiger partial charge in [-0.25, -0.2) is 0 Å². The van der Waals surface area contributed by atoms with Gasteiger partial charge in [-0.1, -0.05) is 0 Å². The molecule has 7 heteroatoms. The highest BCUT2D eigenvalue weighted by atomic mass is 19.4. The average Bonchev–Trinajstić information content (AvgIpc) is 3.01. The summed E-state index contributed by atoms with van der Waals surface area (Å²) in [5, 5.41) is 0. The molecule has 0 aliphatic rings. The van der Waals surface area contributed by atoms with E-state index in [0.717, 1.165) is 35.0 Å². The summed E-state index contributed by atoms with van der Waals surface area (Å²) in [6.07, 6.45) is -4.41. The van der Waals surface area contributed by atoms with Gasteiger partial charge in [0.05, 0.1) is 12.2 Å². The molecule has 0 aliphatic heterocycles. The minimum absolute atomic E-state index is 0.205. The largest absolute Gasteiger partial charge is 0.494 e. The first-order valence-corrected chi connectivity index (χ1v) is 9.46. The van der Waals surface area contributed by atoms with E-state index in [1.807, 2.05) is 49.6 Å². The third-order valence-corrected chi connectivity index (χ3v) is 4.69. The molecular weight excluding hydrogens is 395 g/mol. The Bertz CT molecular complexity index is 1020. The highest BCUT2D eigenvalue weighted by molar-refractivity contribution is 5.98. The highest BCUT2D eigenvalue weighted by Crippen LogP contribution is 2.30. The van der Waals surface area contributed by atoms with E-state index in [-0.39, 0.29) is 18.1 Å². The molecule has 0 N–H and O–H groups in total. The second-order valence-corrected chi connectivity index (χ2v) is 6.78. The Morgan fingerprint density at radius 3 is 2.07 bits per heavy atom. The van der Waals surface area contributed by atoms with Crippen molar-refractivity contribution in [3.8, 4) is 17.2 Å². The Morgan fingerprint density at radius 1 is 0.933 bits per heavy atom. The molecule has 0 spiro atoms. The number of carbonyl (C=O) groups is 1. The van der Waals surface area contributed by atoms with Crippen LogP contribution in [0.2, 0.25) is 0 Å². The van der Waals surface area contributed by atoms with Crippen molar-refractivity contribution in [2.75, 3.05) is 13.2 Å². The van der Waals surface area contributed by atoms with Gasteiger partial charge < -0.3 is 14.0 Å². The third-order valence-electron chi connectivity index (χ3n) is 4.69. The number of ether oxygens (including phenoxy) is 2. The van der Waals surface area contributed by atoms with E-state index in [0.29, 0.717) is 12.2 Å². The number of Topliss-reactive ketones (excluding diaryl/α,β-unsaturated/α-hetero) is 1. The lowest BCUT2D eigenvalue weighted by atomic mass is 10.1. The van der Waals surface area contributed by atoms with Gasteiger partial charge in [-0.2, -0.15) is 13.2 Å². The molecule has 0 unspecified atom stereocenters. The van der Waals surface area contributed by atoms with Crippen LogP contribution >= 0.6 is 0 Å². The number of aromatic nitrogens is 1. The quantitative estimate of drug-likeness (QED) is 0.458. The first-order chi connectivity index (χ1) is 14.2. The smallest absolute Gasteiger partial charge is 0.416 e. The molecule has 30 heavy (non-hydrogen) atoms. The summed E-state index contributed by atoms with van der Waals surface area (Å²) in [5.41, 5.74) is 2.29. The van der Waals surface area contributed by atoms with Crippen molar-refractivity contribution in [1.29, 1.82) is 0 Å². The number of rotatable bonds is 7. The third kappa shape index (κ3) is 4.67. The summed E-state index contributed by atoms with van der Waals surface area (Å²) in [7, 11) is 0. The van der Waals surface area contributed by atoms with Crippen LogP contribution in [-0.4, -0.2) is 23.6 Å². The van der Waals surface area contributed by atoms with Crippen LogP contribution in [0.4, 0.5) is 13.2 Å². The second kappa shape index (κ2) is 8.65. The van der Waals surface area contributed by atoms with Crippen LogP contribution in [0.1, 0.15) is 34.2 Å². The lowest BCUT2D eigenvalue weighted by molar-refractivity contribution is -0.137. The van der Waals surface area contributed by atoms with Crippen molar-refractivity contribution in [2.45, 2.75) is 26.9 Å². The van der Waals surface area contributed by atoms with E-state index >= 15 is 0 Å². The van der Waals surface area contributed by atoms with E-state index in [1.165, 1.54) is 12.1 Å². The van der Waals surface area contributed by atoms with E-state index in [9.17, 15) is 18.0 Å². The molecule has 0 aliphatic carbocycles. The Kier molecular flexibility index (Phi) is 6.20. The maximum absolute atomic E-state index is 12.7. The molecule has 0 saturated heterocycles. The standard InChI is InChI=1S/C23H22F3NO3/c1-4-29-19-11-7-18(8-12-19)27-15(2)13-21(16(27)3)22(28)14-30-20-9-5-17(6-10-20)23(24,25)26/h5-13H,4,14H2,1-3H3. The molecule has 0 amide bonds. The van der Waals surface area contributed by atoms with Crippen LogP contribution < -0.4 is 9.47 Å². The first kappa shape index (κ1) is 21.5. The minimum Gasteiger partial charge on any atom is -0.494 e. The van der Waals surface area contributed by atoms with Crippen molar-refractivity contribution in [3.63, 3.8) is 0 Å². The predicted octanol–water partition coefficient (Wildman–Crippen LogP) is 5.77. The van der Waals surface area contributed by atoms with Gasteiger partial charge in [-0.15, -0.1) is 0 Å². The van der Waals surface area contributed by atoms with Crippen LogP contribution in [0, 0.1) is 13.8 Å². The molecule has 4 nitrogen and oxygen atoms in total. The van der Waals surface area contributed by atoms with Crippen LogP contribution in [0.25, 0.3) is 5.69 Å². The maximum Gasteiger partial charge on any atom is 0.416 e. The minimum atomic E-state index is -4.41. The Morgan fingerprint density at radius 2 is 1.50 bits per heavy atom. The van der Waals surface area contributed by atoms with Crippen molar-refractivity contribution in [2.24, 2.45) is 0 Å². The van der Waals surface area contributed by atoms with Crippen LogP contribution in [-0.2, 0) is 6.18 Å². The lowest BCUT2D eigenvalue weighted by Gasteiger charge is -2.11. The maximum atomic E-state index is 12.7. The molecular formula is C23H22F3NO3. The second-order valence-electron chi connectivity index (χ2n) is 6.78. The average molecular weight is 417 g/mol. The van der Waals surface area contributed by atoms with E-state index < -0.39 is 11.7 Å². The van der Waals surface area contributed by atoms with Gasteiger partial charge >= 0.3 is 6.18 Å². The number of alkyl halides is 3. The summed E-state index contributed by atoms with van der Waals surface area (Å²) in [5.74, 6) is 0.724. The first-order valence-electron chi connectivity index (χ1n) is 9.46. The fourth-order valence-electron chi connectivity index (χ4n) is 3.27. The molecule has 3 rings (SSSR count). The Labute approximate surface area is 172 Å². The number of hydrogen-bond acceptors (Lipinski definition) is 3. The Balaban J connectivity index is 1.73. The summed E-state index contributed by atoms with van der Waals surface area (Å²) >= 11 is 0. The molecule has 1 heterocycles. The van der Waals surface area contributed by atoms with Crippen molar-refractivity contribution in [3.05, 3.63) is 77.1 Å². The summed E-state index contributed by atoms with van der Waals surface area (Å²) in [6, 6.07) is 13.6. The van der Waals surface area contributed by atoms with Gasteiger partial charge in [0.15, 0.2) is 6.61 Å². The highest BCUT2D eigenvalue weighted by Gasteiger charge is 2.30. The molecule has 3 aromatic rings. The van der Waals surface area contributed by atoms with Gasteiger partial charge in [-0.3, -0.25) is 4.79 Å². The number of carbonyl (C=O) groups excluding carboxylic acids is 1. The van der Waals surface area contributed by atoms with Crippen molar-refractivity contribution < 1.29 is 27.4 Å². The zero-order valence-electron chi connectivity index (χ0n) is 16.9. The van der Waals surface area contributed by atoms with Crippen molar-refractivity contribution in [1.82, 2.24) is 4.57 Å². The normalized spacial score (nSPS) is 11.4. The van der Waals surface area contributed by atoms with E-state index in [2.05, 4.69) is 0 Å². The molecule has 2 aromatic carbocycles. The van der Waals surface area contributed by atoms with Gasteiger partial charge in [0.2, 0.25) is 5.78 Å². The molecule has 1 aromatic heterocycles. The number of ketones is 1. The van der Waals surface area contributed by atoms with E-state index in [1.54, 1.807) is 6.07 Å². The van der Waals surface area contributed by atoms with Crippen LogP contribution in [0.15, 0.2) is 54.6 Å². The lowest BCUT2D eigenvalue weighted by Crippen LogP contribution is -2.13. The summed E-state index contributed by atoms with van der Waals surface area (Å²) in [6.45, 7) is 5.97. The number of benzene rings is 2. The summed E-state index contributed by atoms with van der Waals surface area (Å²) in [4.78, 5) is 12.7. The van der Waals surface area contributed by atoms with Gasteiger partial charge in [0, 0.05) is 22.6 Å². The predicted molar refractivity (Wildman–Crippen MR) is 108 cm³/mol. The molecule has 0 bridgehead atoms. The molecule has 158 valence electrons. The topological polar surface area (TPSA) is 40.5 Å². The van der Waals surface area contributed by atoms with E-state index in [4.69, 9.17) is 9.47 Å². The number of halogens is 3. The Hall–Kier alpha value is -3.22. The van der Waals surface area contributed by atoms with Crippen LogP contribution in [0.5, 0.6) is 11.5 Å². The zero-order chi connectivity index (χ0) is 21.9. The van der Waals surface area contributed by atoms with Gasteiger partial charge in [0.25, 0.3) is 0 Å². The molecule has 0 radical (unpaired) electrons. The fourth-order valence-corrected chi connectivity index (χ4v) is 3.27. The van der Waals surface area contributed by atoms with Crippen molar-refractivity contribution >= 4 is 5.78 Å². The number of aryl methyl sites for hydroxylation is 1. The van der Waals surface area contributed by atoms with Gasteiger partial charge in [0.1, 0.15) is 11.5 Å². The monoisotopic (exact) mass is 417 g/mol. The number of hydrogen-bond donors (Lipinski definition) is 0. The fraction of sp³-hybridized carbons (Fsp3) is 0.261.